The lowest BCUT2D eigenvalue weighted by Crippen LogP contribution is -2.30. The molecule has 0 bridgehead atoms. The van der Waals surface area contributed by atoms with Crippen LogP contribution in [0.3, 0.4) is 0 Å². The fourth-order valence-corrected chi connectivity index (χ4v) is 2.72. The van der Waals surface area contributed by atoms with Gasteiger partial charge in [0.25, 0.3) is 0 Å². The first kappa shape index (κ1) is 12.6. The minimum atomic E-state index is -0.104. The largest absolute Gasteiger partial charge is 0.351 e. The van der Waals surface area contributed by atoms with Gasteiger partial charge in [0.1, 0.15) is 0 Å². The summed E-state index contributed by atoms with van der Waals surface area (Å²) in [6.45, 7) is 1.63. The van der Waals surface area contributed by atoms with E-state index in [9.17, 15) is 4.39 Å². The predicted molar refractivity (Wildman–Crippen MR) is 77.1 cm³/mol. The SMILES string of the molecule is Fc1c(CNC2CC2)ccnc1N(CC1CC1)C1CC1. The van der Waals surface area contributed by atoms with Gasteiger partial charge in [-0.2, -0.15) is 0 Å². The topological polar surface area (TPSA) is 28.2 Å². The van der Waals surface area contributed by atoms with E-state index < -0.39 is 0 Å². The van der Waals surface area contributed by atoms with Crippen LogP contribution in [0.1, 0.15) is 44.1 Å². The van der Waals surface area contributed by atoms with Crippen molar-refractivity contribution in [2.24, 2.45) is 5.92 Å². The summed E-state index contributed by atoms with van der Waals surface area (Å²) in [6.07, 6.45) is 9.22. The molecule has 0 amide bonds. The molecule has 0 atom stereocenters. The van der Waals surface area contributed by atoms with E-state index in [0.717, 1.165) is 18.0 Å². The highest BCUT2D eigenvalue weighted by molar-refractivity contribution is 5.46. The molecule has 1 aromatic heterocycles. The van der Waals surface area contributed by atoms with Crippen LogP contribution in [0.5, 0.6) is 0 Å². The number of rotatable bonds is 7. The Labute approximate surface area is 119 Å². The summed E-state index contributed by atoms with van der Waals surface area (Å²) in [6, 6.07) is 2.96. The molecule has 0 aliphatic heterocycles. The first-order chi connectivity index (χ1) is 9.81. The van der Waals surface area contributed by atoms with Gasteiger partial charge < -0.3 is 10.2 Å². The van der Waals surface area contributed by atoms with Crippen LogP contribution in [0.4, 0.5) is 10.2 Å². The molecular formula is C16H22FN3. The fraction of sp³-hybridized carbons (Fsp3) is 0.688. The molecule has 1 aromatic rings. The third-order valence-electron chi connectivity index (χ3n) is 4.52. The number of hydrogen-bond acceptors (Lipinski definition) is 3. The van der Waals surface area contributed by atoms with Crippen LogP contribution in [0, 0.1) is 11.7 Å². The lowest BCUT2D eigenvalue weighted by atomic mass is 10.2. The average molecular weight is 275 g/mol. The molecule has 0 saturated heterocycles. The van der Waals surface area contributed by atoms with Gasteiger partial charge in [0.2, 0.25) is 0 Å². The summed E-state index contributed by atoms with van der Waals surface area (Å²) in [5, 5.41) is 3.39. The van der Waals surface area contributed by atoms with Crippen molar-refractivity contribution in [3.8, 4) is 0 Å². The molecule has 4 heteroatoms. The minimum Gasteiger partial charge on any atom is -0.351 e. The zero-order valence-electron chi connectivity index (χ0n) is 11.8. The van der Waals surface area contributed by atoms with Gasteiger partial charge in [0.15, 0.2) is 11.6 Å². The number of halogens is 1. The summed E-state index contributed by atoms with van der Waals surface area (Å²) < 4.78 is 14.7. The van der Waals surface area contributed by atoms with E-state index >= 15 is 0 Å². The monoisotopic (exact) mass is 275 g/mol. The van der Waals surface area contributed by atoms with Crippen molar-refractivity contribution in [3.05, 3.63) is 23.6 Å². The molecule has 0 spiro atoms. The van der Waals surface area contributed by atoms with E-state index in [0.29, 0.717) is 24.4 Å². The second-order valence-electron chi connectivity index (χ2n) is 6.59. The van der Waals surface area contributed by atoms with Crippen LogP contribution in [-0.2, 0) is 6.54 Å². The van der Waals surface area contributed by atoms with E-state index in [2.05, 4.69) is 15.2 Å². The summed E-state index contributed by atoms with van der Waals surface area (Å²) >= 11 is 0. The highest BCUT2D eigenvalue weighted by atomic mass is 19.1. The predicted octanol–water partition coefficient (Wildman–Crippen LogP) is 2.85. The Kier molecular flexibility index (Phi) is 3.14. The van der Waals surface area contributed by atoms with Crippen molar-refractivity contribution in [2.45, 2.75) is 57.2 Å². The summed E-state index contributed by atoms with van der Waals surface area (Å²) in [5.41, 5.74) is 0.767. The smallest absolute Gasteiger partial charge is 0.170 e. The van der Waals surface area contributed by atoms with Crippen LogP contribution >= 0.6 is 0 Å². The zero-order valence-corrected chi connectivity index (χ0v) is 11.8. The molecule has 108 valence electrons. The first-order valence-electron chi connectivity index (χ1n) is 7.94. The lowest BCUT2D eigenvalue weighted by molar-refractivity contribution is 0.568. The molecule has 1 N–H and O–H groups in total. The second kappa shape index (κ2) is 4.99. The maximum absolute atomic E-state index is 14.7. The molecule has 3 nitrogen and oxygen atoms in total. The van der Waals surface area contributed by atoms with Crippen LogP contribution in [0.25, 0.3) is 0 Å². The Morgan fingerprint density at radius 3 is 2.65 bits per heavy atom. The van der Waals surface area contributed by atoms with Crippen LogP contribution in [-0.4, -0.2) is 23.6 Å². The number of hydrogen-bond donors (Lipinski definition) is 1. The Hall–Kier alpha value is -1.16. The third-order valence-corrected chi connectivity index (χ3v) is 4.52. The van der Waals surface area contributed by atoms with E-state index in [1.54, 1.807) is 6.20 Å². The summed E-state index contributed by atoms with van der Waals surface area (Å²) in [5.74, 6) is 1.26. The number of aromatic nitrogens is 1. The van der Waals surface area contributed by atoms with Crippen LogP contribution < -0.4 is 10.2 Å². The molecule has 20 heavy (non-hydrogen) atoms. The fourth-order valence-electron chi connectivity index (χ4n) is 2.72. The lowest BCUT2D eigenvalue weighted by Gasteiger charge is -2.24. The maximum Gasteiger partial charge on any atom is 0.170 e. The molecule has 0 aromatic carbocycles. The van der Waals surface area contributed by atoms with Crippen LogP contribution in [0.2, 0.25) is 0 Å². The van der Waals surface area contributed by atoms with E-state index in [1.165, 1.54) is 38.5 Å². The molecule has 4 rings (SSSR count). The van der Waals surface area contributed by atoms with Gasteiger partial charge >= 0.3 is 0 Å². The van der Waals surface area contributed by atoms with Gasteiger partial charge in [0.05, 0.1) is 0 Å². The number of anilines is 1. The average Bonchev–Trinajstić information content (AvgIpc) is 3.27. The Bertz CT molecular complexity index is 492. The van der Waals surface area contributed by atoms with E-state index in [1.807, 2.05) is 6.07 Å². The Balaban J connectivity index is 1.53. The van der Waals surface area contributed by atoms with Crippen molar-refractivity contribution < 1.29 is 4.39 Å². The van der Waals surface area contributed by atoms with Gasteiger partial charge in [-0.25, -0.2) is 9.37 Å². The zero-order chi connectivity index (χ0) is 13.5. The van der Waals surface area contributed by atoms with Gasteiger partial charge in [0, 0.05) is 36.9 Å². The molecule has 3 fully saturated rings. The van der Waals surface area contributed by atoms with Gasteiger partial charge in [-0.15, -0.1) is 0 Å². The Morgan fingerprint density at radius 2 is 2.00 bits per heavy atom. The highest BCUT2D eigenvalue weighted by Crippen LogP contribution is 2.38. The van der Waals surface area contributed by atoms with Crippen molar-refractivity contribution in [3.63, 3.8) is 0 Å². The quantitative estimate of drug-likeness (QED) is 0.829. The van der Waals surface area contributed by atoms with Gasteiger partial charge in [-0.05, 0) is 50.5 Å². The molecule has 3 aliphatic rings. The summed E-state index contributed by atoms with van der Waals surface area (Å²) in [7, 11) is 0. The van der Waals surface area contributed by atoms with Gasteiger partial charge in [-0.3, -0.25) is 0 Å². The van der Waals surface area contributed by atoms with Crippen molar-refractivity contribution in [1.29, 1.82) is 0 Å². The molecule has 0 unspecified atom stereocenters. The maximum atomic E-state index is 14.7. The first-order valence-corrected chi connectivity index (χ1v) is 7.94. The molecule has 0 radical (unpaired) electrons. The normalized spacial score (nSPS) is 22.1. The van der Waals surface area contributed by atoms with Crippen molar-refractivity contribution in [1.82, 2.24) is 10.3 Å². The Morgan fingerprint density at radius 1 is 1.20 bits per heavy atom. The molecule has 1 heterocycles. The number of nitrogens with one attached hydrogen (secondary N) is 1. The standard InChI is InChI=1S/C16H22FN3/c17-15-12(9-19-13-3-4-13)7-8-18-16(15)20(14-5-6-14)10-11-1-2-11/h7-8,11,13-14,19H,1-6,9-10H2. The molecule has 3 saturated carbocycles. The van der Waals surface area contributed by atoms with Crippen LogP contribution in [0.15, 0.2) is 12.3 Å². The molecular weight excluding hydrogens is 253 g/mol. The summed E-state index contributed by atoms with van der Waals surface area (Å²) in [4.78, 5) is 6.58. The number of pyridine rings is 1. The minimum absolute atomic E-state index is 0.104. The highest BCUT2D eigenvalue weighted by Gasteiger charge is 2.36. The number of nitrogens with zero attached hydrogens (tertiary/aromatic N) is 2. The second-order valence-corrected chi connectivity index (χ2v) is 6.59. The van der Waals surface area contributed by atoms with E-state index in [-0.39, 0.29) is 5.82 Å². The van der Waals surface area contributed by atoms with Crippen molar-refractivity contribution >= 4 is 5.82 Å². The third kappa shape index (κ3) is 2.80. The molecule has 3 aliphatic carbocycles. The van der Waals surface area contributed by atoms with Gasteiger partial charge in [-0.1, -0.05) is 0 Å². The van der Waals surface area contributed by atoms with E-state index in [4.69, 9.17) is 0 Å². The van der Waals surface area contributed by atoms with Crippen molar-refractivity contribution in [2.75, 3.05) is 11.4 Å².